The zero-order valence-electron chi connectivity index (χ0n) is 16.5. The van der Waals surface area contributed by atoms with Crippen LogP contribution < -0.4 is 15.4 Å². The van der Waals surface area contributed by atoms with Crippen molar-refractivity contribution in [2.75, 3.05) is 12.4 Å². The van der Waals surface area contributed by atoms with E-state index in [0.29, 0.717) is 23.6 Å². The van der Waals surface area contributed by atoms with E-state index in [-0.39, 0.29) is 17.7 Å². The normalized spacial score (nSPS) is 10.9. The average Bonchev–Trinajstić information content (AvgIpc) is 3.03. The van der Waals surface area contributed by atoms with E-state index in [4.69, 9.17) is 9.15 Å². The Morgan fingerprint density at radius 3 is 2.46 bits per heavy atom. The second-order valence-corrected chi connectivity index (χ2v) is 6.94. The third-order valence-corrected chi connectivity index (χ3v) is 4.55. The Bertz CT molecular complexity index is 1000. The molecule has 2 aromatic carbocycles. The average molecular weight is 380 g/mol. The third kappa shape index (κ3) is 4.17. The van der Waals surface area contributed by atoms with Crippen LogP contribution in [0.1, 0.15) is 35.5 Å². The van der Waals surface area contributed by atoms with Crippen molar-refractivity contribution in [3.8, 4) is 5.75 Å². The molecular weight excluding hydrogens is 356 g/mol. The van der Waals surface area contributed by atoms with E-state index in [0.717, 1.165) is 22.2 Å². The number of amides is 2. The number of carbonyl (C=O) groups is 2. The Kier molecular flexibility index (Phi) is 5.68. The molecule has 1 heterocycles. The van der Waals surface area contributed by atoms with Crippen molar-refractivity contribution in [3.63, 3.8) is 0 Å². The summed E-state index contributed by atoms with van der Waals surface area (Å²) in [6.45, 7) is 5.90. The molecule has 0 radical (unpaired) electrons. The molecule has 6 heteroatoms. The van der Waals surface area contributed by atoms with E-state index in [1.54, 1.807) is 19.2 Å². The van der Waals surface area contributed by atoms with Gasteiger partial charge in [-0.25, -0.2) is 0 Å². The van der Waals surface area contributed by atoms with Gasteiger partial charge in [0.15, 0.2) is 5.76 Å². The highest BCUT2D eigenvalue weighted by Gasteiger charge is 2.18. The van der Waals surface area contributed by atoms with Crippen molar-refractivity contribution < 1.29 is 18.7 Å². The summed E-state index contributed by atoms with van der Waals surface area (Å²) in [4.78, 5) is 24.3. The van der Waals surface area contributed by atoms with Gasteiger partial charge in [-0.2, -0.15) is 0 Å². The molecule has 0 aliphatic rings. The first-order chi connectivity index (χ1) is 13.4. The van der Waals surface area contributed by atoms with Gasteiger partial charge in [0.1, 0.15) is 11.3 Å². The Morgan fingerprint density at radius 1 is 1.11 bits per heavy atom. The molecule has 0 atom stereocenters. The number of furan rings is 1. The van der Waals surface area contributed by atoms with Crippen molar-refractivity contribution in [2.24, 2.45) is 5.92 Å². The number of anilines is 1. The predicted molar refractivity (Wildman–Crippen MR) is 109 cm³/mol. The first-order valence-electron chi connectivity index (χ1n) is 9.14. The number of hydrogen-bond acceptors (Lipinski definition) is 4. The Labute approximate surface area is 163 Å². The minimum Gasteiger partial charge on any atom is -0.497 e. The van der Waals surface area contributed by atoms with Crippen molar-refractivity contribution >= 4 is 28.5 Å². The van der Waals surface area contributed by atoms with Crippen molar-refractivity contribution in [1.29, 1.82) is 0 Å². The van der Waals surface area contributed by atoms with E-state index >= 15 is 0 Å². The summed E-state index contributed by atoms with van der Waals surface area (Å²) in [7, 11) is 1.60. The number of carbonyl (C=O) groups excluding carboxylic acids is 2. The molecule has 0 saturated heterocycles. The van der Waals surface area contributed by atoms with Gasteiger partial charge in [0.05, 0.1) is 7.11 Å². The summed E-state index contributed by atoms with van der Waals surface area (Å²) < 4.78 is 10.9. The van der Waals surface area contributed by atoms with Crippen molar-refractivity contribution in [2.45, 2.75) is 27.3 Å². The van der Waals surface area contributed by atoms with E-state index in [2.05, 4.69) is 10.6 Å². The number of ether oxygens (including phenoxy) is 1. The number of fused-ring (bicyclic) bond motifs is 1. The molecule has 0 unspecified atom stereocenters. The first-order valence-corrected chi connectivity index (χ1v) is 9.14. The monoisotopic (exact) mass is 380 g/mol. The van der Waals surface area contributed by atoms with Gasteiger partial charge in [-0.1, -0.05) is 26.0 Å². The highest BCUT2D eigenvalue weighted by atomic mass is 16.5. The van der Waals surface area contributed by atoms with Gasteiger partial charge in [0.25, 0.3) is 5.91 Å². The van der Waals surface area contributed by atoms with Crippen LogP contribution in [-0.2, 0) is 11.3 Å². The maximum absolute atomic E-state index is 12.6. The maximum Gasteiger partial charge on any atom is 0.287 e. The highest BCUT2D eigenvalue weighted by Crippen LogP contribution is 2.28. The molecule has 0 spiro atoms. The van der Waals surface area contributed by atoms with Crippen LogP contribution in [0.25, 0.3) is 11.0 Å². The van der Waals surface area contributed by atoms with Crippen LogP contribution in [0.3, 0.4) is 0 Å². The van der Waals surface area contributed by atoms with E-state index in [1.165, 1.54) is 0 Å². The quantitative estimate of drug-likeness (QED) is 0.669. The molecule has 3 rings (SSSR count). The lowest BCUT2D eigenvalue weighted by Crippen LogP contribution is -2.23. The Morgan fingerprint density at radius 2 is 1.82 bits per heavy atom. The van der Waals surface area contributed by atoms with Gasteiger partial charge in [0.2, 0.25) is 5.91 Å². The zero-order valence-corrected chi connectivity index (χ0v) is 16.5. The minimum atomic E-state index is -0.273. The van der Waals surface area contributed by atoms with Crippen LogP contribution in [0.4, 0.5) is 5.69 Å². The van der Waals surface area contributed by atoms with Crippen LogP contribution in [0, 0.1) is 12.8 Å². The lowest BCUT2D eigenvalue weighted by atomic mass is 10.1. The molecule has 6 nitrogen and oxygen atoms in total. The fourth-order valence-electron chi connectivity index (χ4n) is 2.80. The van der Waals surface area contributed by atoms with Gasteiger partial charge in [0, 0.05) is 29.1 Å². The van der Waals surface area contributed by atoms with Crippen LogP contribution in [0.5, 0.6) is 5.75 Å². The van der Waals surface area contributed by atoms with Crippen LogP contribution in [0.15, 0.2) is 46.9 Å². The number of benzene rings is 2. The van der Waals surface area contributed by atoms with Gasteiger partial charge in [-0.3, -0.25) is 9.59 Å². The summed E-state index contributed by atoms with van der Waals surface area (Å²) in [5.41, 5.74) is 3.08. The molecule has 2 amide bonds. The molecule has 0 saturated carbocycles. The van der Waals surface area contributed by atoms with Gasteiger partial charge < -0.3 is 19.8 Å². The van der Waals surface area contributed by atoms with Gasteiger partial charge in [-0.05, 0) is 42.8 Å². The summed E-state index contributed by atoms with van der Waals surface area (Å²) in [5, 5.41) is 6.57. The molecule has 0 fully saturated rings. The molecule has 0 aliphatic heterocycles. The third-order valence-electron chi connectivity index (χ3n) is 4.55. The second-order valence-electron chi connectivity index (χ2n) is 6.94. The molecule has 1 aromatic heterocycles. The number of nitrogens with one attached hydrogen (secondary N) is 2. The predicted octanol–water partition coefficient (Wildman–Crippen LogP) is 4.27. The lowest BCUT2D eigenvalue weighted by Gasteiger charge is -2.09. The summed E-state index contributed by atoms with van der Waals surface area (Å²) in [5.74, 6) is 0.631. The van der Waals surface area contributed by atoms with E-state index in [9.17, 15) is 9.59 Å². The van der Waals surface area contributed by atoms with Crippen LogP contribution >= 0.6 is 0 Å². The fraction of sp³-hybridized carbons (Fsp3) is 0.273. The van der Waals surface area contributed by atoms with Crippen molar-refractivity contribution in [3.05, 3.63) is 59.4 Å². The number of methoxy groups -OCH3 is 1. The summed E-state index contributed by atoms with van der Waals surface area (Å²) >= 11 is 0. The van der Waals surface area contributed by atoms with E-state index < -0.39 is 0 Å². The first kappa shape index (κ1) is 19.5. The maximum atomic E-state index is 12.6. The van der Waals surface area contributed by atoms with E-state index in [1.807, 2.05) is 51.1 Å². The van der Waals surface area contributed by atoms with Crippen LogP contribution in [0.2, 0.25) is 0 Å². The zero-order chi connectivity index (χ0) is 20.3. The van der Waals surface area contributed by atoms with Gasteiger partial charge >= 0.3 is 0 Å². The standard InChI is InChI=1S/C22H24N2O4/c1-13(2)21(25)24-16-7-5-15(6-8-16)12-23-22(26)20-14(3)18-11-17(27-4)9-10-19(18)28-20/h5-11,13H,12H2,1-4H3,(H,23,26)(H,24,25). The lowest BCUT2D eigenvalue weighted by molar-refractivity contribution is -0.118. The number of aryl methyl sites for hydroxylation is 1. The molecule has 2 N–H and O–H groups in total. The number of hydrogen-bond donors (Lipinski definition) is 2. The largest absolute Gasteiger partial charge is 0.497 e. The minimum absolute atomic E-state index is 0.0296. The Hall–Kier alpha value is -3.28. The SMILES string of the molecule is COc1ccc2oc(C(=O)NCc3ccc(NC(=O)C(C)C)cc3)c(C)c2c1. The van der Waals surface area contributed by atoms with Crippen LogP contribution in [-0.4, -0.2) is 18.9 Å². The van der Waals surface area contributed by atoms with Crippen molar-refractivity contribution in [1.82, 2.24) is 5.32 Å². The molecule has 0 aliphatic carbocycles. The van der Waals surface area contributed by atoms with Gasteiger partial charge in [-0.15, -0.1) is 0 Å². The fourth-order valence-corrected chi connectivity index (χ4v) is 2.80. The summed E-state index contributed by atoms with van der Waals surface area (Å²) in [6.07, 6.45) is 0. The molecular formula is C22H24N2O4. The molecule has 28 heavy (non-hydrogen) atoms. The molecule has 3 aromatic rings. The molecule has 146 valence electrons. The summed E-state index contributed by atoms with van der Waals surface area (Å²) in [6, 6.07) is 12.8. The number of rotatable bonds is 6. The highest BCUT2D eigenvalue weighted by molar-refractivity contribution is 5.99. The smallest absolute Gasteiger partial charge is 0.287 e. The topological polar surface area (TPSA) is 80.6 Å². The Balaban J connectivity index is 1.66. The second kappa shape index (κ2) is 8.17. The molecule has 0 bridgehead atoms.